The molecule has 0 aromatic heterocycles. The molecule has 0 bridgehead atoms. The minimum absolute atomic E-state index is 0.00533. The van der Waals surface area contributed by atoms with Crippen molar-refractivity contribution in [1.29, 1.82) is 0 Å². The van der Waals surface area contributed by atoms with Crippen molar-refractivity contribution in [2.24, 2.45) is 5.92 Å². The maximum atomic E-state index is 13.5. The van der Waals surface area contributed by atoms with Crippen LogP contribution in [-0.2, 0) is 14.3 Å². The molecule has 1 N–H and O–H groups in total. The molecule has 0 amide bonds. The lowest BCUT2D eigenvalue weighted by Crippen LogP contribution is -2.33. The Balaban J connectivity index is 2.65. The molecular weight excluding hydrogens is 389 g/mol. The van der Waals surface area contributed by atoms with Crippen LogP contribution in [0.2, 0.25) is 0 Å². The summed E-state index contributed by atoms with van der Waals surface area (Å²) in [5.41, 5.74) is 3.26. The van der Waals surface area contributed by atoms with Crippen LogP contribution in [0.25, 0.3) is 5.70 Å². The van der Waals surface area contributed by atoms with Crippen LogP contribution < -0.4 is 5.32 Å². The van der Waals surface area contributed by atoms with Crippen molar-refractivity contribution in [3.05, 3.63) is 52.5 Å². The molecule has 0 saturated heterocycles. The lowest BCUT2D eigenvalue weighted by Gasteiger charge is -2.32. The Morgan fingerprint density at radius 1 is 1.07 bits per heavy atom. The summed E-state index contributed by atoms with van der Waals surface area (Å²) in [6.07, 6.45) is 2.83. The first-order chi connectivity index (χ1) is 14.0. The van der Waals surface area contributed by atoms with Gasteiger partial charge in [-0.25, -0.2) is 9.18 Å². The average Bonchev–Trinajstić information content (AvgIpc) is 2.72. The fourth-order valence-electron chi connectivity index (χ4n) is 3.51. The van der Waals surface area contributed by atoms with E-state index in [1.165, 1.54) is 23.9 Å². The quantitative estimate of drug-likeness (QED) is 0.539. The lowest BCUT2D eigenvalue weighted by atomic mass is 9.81. The molecule has 0 fully saturated rings. The average molecular weight is 420 g/mol. The summed E-state index contributed by atoms with van der Waals surface area (Å²) in [5.74, 6) is -0.430. The lowest BCUT2D eigenvalue weighted by molar-refractivity contribution is -0.139. The van der Waals surface area contributed by atoms with Gasteiger partial charge >= 0.3 is 5.97 Å². The highest BCUT2D eigenvalue weighted by molar-refractivity contribution is 8.14. The van der Waals surface area contributed by atoms with E-state index in [2.05, 4.69) is 5.32 Å². The fraction of sp³-hybridized carbons (Fsp3) is 0.478. The van der Waals surface area contributed by atoms with Gasteiger partial charge in [0.05, 0.1) is 17.9 Å². The van der Waals surface area contributed by atoms with Crippen LogP contribution in [0, 0.1) is 11.7 Å². The molecule has 1 aliphatic rings. The topological polar surface area (TPSA) is 55.4 Å². The van der Waals surface area contributed by atoms with E-state index < -0.39 is 5.97 Å². The van der Waals surface area contributed by atoms with E-state index >= 15 is 0 Å². The van der Waals surface area contributed by atoms with Gasteiger partial charge in [0.1, 0.15) is 5.82 Å². The van der Waals surface area contributed by atoms with Gasteiger partial charge in [-0.1, -0.05) is 45.9 Å². The van der Waals surface area contributed by atoms with Crippen LogP contribution in [0.4, 0.5) is 4.39 Å². The molecule has 158 valence electrons. The molecule has 1 heterocycles. The third kappa shape index (κ3) is 5.50. The summed E-state index contributed by atoms with van der Waals surface area (Å²) in [6, 6.07) is 6.04. The Morgan fingerprint density at radius 2 is 1.76 bits per heavy atom. The SMILES string of the molecule is CCCOC(=O)C1=C(c2ccc(F)cc2)NC(CC)=C(C(=O)SCC)C1CCC. The number of esters is 1. The van der Waals surface area contributed by atoms with Crippen molar-refractivity contribution in [3.63, 3.8) is 0 Å². The largest absolute Gasteiger partial charge is 0.462 e. The van der Waals surface area contributed by atoms with Gasteiger partial charge in [0.15, 0.2) is 0 Å². The number of dihydropyridines is 1. The number of nitrogens with one attached hydrogen (secondary N) is 1. The molecule has 1 aromatic rings. The van der Waals surface area contributed by atoms with Gasteiger partial charge in [-0.05, 0) is 54.8 Å². The second-order valence-electron chi connectivity index (χ2n) is 6.86. The van der Waals surface area contributed by atoms with E-state index in [0.29, 0.717) is 54.0 Å². The van der Waals surface area contributed by atoms with Gasteiger partial charge in [-0.3, -0.25) is 4.79 Å². The van der Waals surface area contributed by atoms with E-state index in [1.807, 2.05) is 27.7 Å². The standard InChI is InChI=1S/C23H30FNO3S/c1-5-9-17-19(23(27)29-8-4)18(7-3)25-21(15-10-12-16(24)13-11-15)20(17)22(26)28-14-6-2/h10-13,17,25H,5-9,14H2,1-4H3. The van der Waals surface area contributed by atoms with Crippen LogP contribution in [0.3, 0.4) is 0 Å². The second kappa shape index (κ2) is 11.2. The van der Waals surface area contributed by atoms with Crippen LogP contribution in [0.1, 0.15) is 58.9 Å². The van der Waals surface area contributed by atoms with Gasteiger partial charge in [0, 0.05) is 17.2 Å². The zero-order valence-corrected chi connectivity index (χ0v) is 18.5. The zero-order chi connectivity index (χ0) is 21.4. The van der Waals surface area contributed by atoms with E-state index in [9.17, 15) is 14.0 Å². The maximum absolute atomic E-state index is 13.5. The molecule has 0 spiro atoms. The summed E-state index contributed by atoms with van der Waals surface area (Å²) >= 11 is 1.26. The maximum Gasteiger partial charge on any atom is 0.336 e. The summed E-state index contributed by atoms with van der Waals surface area (Å²) in [7, 11) is 0. The van der Waals surface area contributed by atoms with Gasteiger partial charge < -0.3 is 10.1 Å². The summed E-state index contributed by atoms with van der Waals surface area (Å²) < 4.78 is 19.0. The van der Waals surface area contributed by atoms with Crippen molar-refractivity contribution in [1.82, 2.24) is 5.32 Å². The smallest absolute Gasteiger partial charge is 0.336 e. The first-order valence-electron chi connectivity index (χ1n) is 10.3. The van der Waals surface area contributed by atoms with Gasteiger partial charge in [-0.15, -0.1) is 0 Å². The molecule has 1 unspecified atom stereocenters. The number of hydrogen-bond acceptors (Lipinski definition) is 5. The number of thioether (sulfide) groups is 1. The number of rotatable bonds is 9. The Morgan fingerprint density at radius 3 is 2.31 bits per heavy atom. The van der Waals surface area contributed by atoms with Crippen LogP contribution in [0.15, 0.2) is 41.1 Å². The number of ether oxygens (including phenoxy) is 1. The molecule has 1 atom stereocenters. The third-order valence-corrected chi connectivity index (χ3v) is 5.55. The van der Waals surface area contributed by atoms with E-state index in [1.54, 1.807) is 12.1 Å². The first-order valence-corrected chi connectivity index (χ1v) is 11.3. The summed E-state index contributed by atoms with van der Waals surface area (Å²) in [5, 5.41) is 3.32. The zero-order valence-electron chi connectivity index (χ0n) is 17.6. The minimum atomic E-state index is -0.418. The highest BCUT2D eigenvalue weighted by atomic mass is 32.2. The monoisotopic (exact) mass is 419 g/mol. The molecule has 4 nitrogen and oxygen atoms in total. The highest BCUT2D eigenvalue weighted by Crippen LogP contribution is 2.40. The van der Waals surface area contributed by atoms with Crippen molar-refractivity contribution in [3.8, 4) is 0 Å². The van der Waals surface area contributed by atoms with Crippen molar-refractivity contribution in [2.45, 2.75) is 53.4 Å². The molecule has 0 saturated carbocycles. The van der Waals surface area contributed by atoms with E-state index in [4.69, 9.17) is 4.74 Å². The molecule has 0 radical (unpaired) electrons. The summed E-state index contributed by atoms with van der Waals surface area (Å²) in [6.45, 7) is 8.21. The van der Waals surface area contributed by atoms with Gasteiger partial charge in [0.2, 0.25) is 5.12 Å². The fourth-order valence-corrected chi connectivity index (χ4v) is 4.19. The minimum Gasteiger partial charge on any atom is -0.462 e. The second-order valence-corrected chi connectivity index (χ2v) is 8.10. The van der Waals surface area contributed by atoms with Gasteiger partial charge in [-0.2, -0.15) is 0 Å². The number of carbonyl (C=O) groups excluding carboxylic acids is 2. The van der Waals surface area contributed by atoms with E-state index in [-0.39, 0.29) is 16.9 Å². The first kappa shape index (κ1) is 23.2. The molecular formula is C23H30FNO3S. The molecule has 29 heavy (non-hydrogen) atoms. The Labute approximate surface area is 177 Å². The normalized spacial score (nSPS) is 16.7. The molecule has 2 rings (SSSR count). The predicted molar refractivity (Wildman–Crippen MR) is 117 cm³/mol. The molecule has 0 aliphatic carbocycles. The number of carbonyl (C=O) groups is 2. The number of halogens is 1. The Kier molecular flexibility index (Phi) is 8.96. The number of benzene rings is 1. The van der Waals surface area contributed by atoms with Crippen LogP contribution in [0.5, 0.6) is 0 Å². The van der Waals surface area contributed by atoms with Gasteiger partial charge in [0.25, 0.3) is 0 Å². The van der Waals surface area contributed by atoms with E-state index in [0.717, 1.165) is 12.1 Å². The van der Waals surface area contributed by atoms with Crippen molar-refractivity contribution < 1.29 is 18.7 Å². The predicted octanol–water partition coefficient (Wildman–Crippen LogP) is 5.45. The van der Waals surface area contributed by atoms with Crippen LogP contribution >= 0.6 is 11.8 Å². The summed E-state index contributed by atoms with van der Waals surface area (Å²) in [4.78, 5) is 26.0. The molecule has 6 heteroatoms. The molecule has 1 aromatic carbocycles. The highest BCUT2D eigenvalue weighted by Gasteiger charge is 2.37. The number of hydrogen-bond donors (Lipinski definition) is 1. The third-order valence-electron chi connectivity index (χ3n) is 4.78. The van der Waals surface area contributed by atoms with Crippen molar-refractivity contribution >= 4 is 28.5 Å². The Bertz CT molecular complexity index is 799. The number of allylic oxidation sites excluding steroid dienone is 1. The molecule has 1 aliphatic heterocycles. The Hall–Kier alpha value is -2.08. The van der Waals surface area contributed by atoms with Crippen LogP contribution in [-0.4, -0.2) is 23.4 Å². The van der Waals surface area contributed by atoms with Crippen molar-refractivity contribution in [2.75, 3.05) is 12.4 Å².